The predicted molar refractivity (Wildman–Crippen MR) is 126 cm³/mol. The molecule has 0 unspecified atom stereocenters. The van der Waals surface area contributed by atoms with Gasteiger partial charge in [0, 0.05) is 29.8 Å². The molecule has 7 heteroatoms. The van der Waals surface area contributed by atoms with Crippen molar-refractivity contribution in [2.24, 2.45) is 11.8 Å². The monoisotopic (exact) mass is 460 g/mol. The third kappa shape index (κ3) is 4.60. The third-order valence-corrected chi connectivity index (χ3v) is 6.74. The number of pyridine rings is 1. The molecule has 174 valence electrons. The van der Waals surface area contributed by atoms with Gasteiger partial charge < -0.3 is 4.98 Å². The van der Waals surface area contributed by atoms with Gasteiger partial charge >= 0.3 is 0 Å². The molecule has 0 radical (unpaired) electrons. The summed E-state index contributed by atoms with van der Waals surface area (Å²) in [5.41, 5.74) is 2.71. The fourth-order valence-electron chi connectivity index (χ4n) is 5.12. The summed E-state index contributed by atoms with van der Waals surface area (Å²) in [6, 6.07) is 8.71. The molecule has 0 spiro atoms. The van der Waals surface area contributed by atoms with E-state index in [-0.39, 0.29) is 23.4 Å². The molecule has 1 N–H and O–H groups in total. The fraction of sp³-hybridized carbons (Fsp3) is 0.333. The number of rotatable bonds is 6. The Labute approximate surface area is 196 Å². The second kappa shape index (κ2) is 9.41. The average Bonchev–Trinajstić information content (AvgIpc) is 3.25. The molecule has 1 aliphatic carbocycles. The maximum atomic E-state index is 14.7. The van der Waals surface area contributed by atoms with Crippen LogP contribution in [-0.2, 0) is 6.42 Å². The lowest BCUT2D eigenvalue weighted by molar-refractivity contribution is 0.0934. The van der Waals surface area contributed by atoms with Crippen LogP contribution < -0.4 is 0 Å². The zero-order chi connectivity index (χ0) is 23.7. The minimum Gasteiger partial charge on any atom is -0.358 e. The van der Waals surface area contributed by atoms with Gasteiger partial charge in [-0.25, -0.2) is 18.7 Å². The largest absolute Gasteiger partial charge is 0.358 e. The number of carbonyl (C=O) groups excluding carboxylic acids is 1. The molecule has 2 atom stereocenters. The summed E-state index contributed by atoms with van der Waals surface area (Å²) in [5, 5.41) is 0.681. The van der Waals surface area contributed by atoms with Gasteiger partial charge in [0.2, 0.25) is 0 Å². The first-order valence-corrected chi connectivity index (χ1v) is 11.7. The van der Waals surface area contributed by atoms with E-state index in [9.17, 15) is 13.6 Å². The SMILES string of the molecule is Cc1cc(F)c2[nH]cc(-c3ncc(F)c(C[C@@H]4CCC[C@H](CC(=O)c5ccccn5)C4)n3)c2c1. The molecule has 34 heavy (non-hydrogen) atoms. The van der Waals surface area contributed by atoms with Gasteiger partial charge in [0.1, 0.15) is 11.5 Å². The van der Waals surface area contributed by atoms with Gasteiger partial charge in [0.05, 0.1) is 17.4 Å². The van der Waals surface area contributed by atoms with Crippen molar-refractivity contribution in [3.63, 3.8) is 0 Å². The van der Waals surface area contributed by atoms with E-state index in [1.54, 1.807) is 24.5 Å². The zero-order valence-electron chi connectivity index (χ0n) is 19.0. The first-order valence-electron chi connectivity index (χ1n) is 11.7. The number of ketones is 1. The maximum absolute atomic E-state index is 14.7. The molecule has 5 rings (SSSR count). The number of benzene rings is 1. The molecular weight excluding hydrogens is 434 g/mol. The van der Waals surface area contributed by atoms with Crippen molar-refractivity contribution in [2.75, 3.05) is 0 Å². The molecule has 1 aliphatic rings. The van der Waals surface area contributed by atoms with Crippen LogP contribution in [0.15, 0.2) is 48.9 Å². The van der Waals surface area contributed by atoms with Crippen molar-refractivity contribution < 1.29 is 13.6 Å². The average molecular weight is 461 g/mol. The lowest BCUT2D eigenvalue weighted by atomic mass is 9.77. The number of hydrogen-bond donors (Lipinski definition) is 1. The number of aromatic nitrogens is 4. The summed E-state index contributed by atoms with van der Waals surface area (Å²) in [7, 11) is 0. The highest BCUT2D eigenvalue weighted by molar-refractivity contribution is 5.95. The van der Waals surface area contributed by atoms with Crippen LogP contribution in [0.4, 0.5) is 8.78 Å². The molecule has 0 bridgehead atoms. The highest BCUT2D eigenvalue weighted by Crippen LogP contribution is 2.35. The topological polar surface area (TPSA) is 71.5 Å². The molecule has 4 aromatic rings. The van der Waals surface area contributed by atoms with Crippen LogP contribution in [0.1, 0.15) is 53.8 Å². The quantitative estimate of drug-likeness (QED) is 0.346. The summed E-state index contributed by atoms with van der Waals surface area (Å²) in [5.74, 6) is 0.177. The summed E-state index contributed by atoms with van der Waals surface area (Å²) in [6.07, 6.45) is 9.29. The first-order chi connectivity index (χ1) is 16.5. The number of nitrogens with zero attached hydrogens (tertiary/aromatic N) is 3. The van der Waals surface area contributed by atoms with Crippen LogP contribution in [-0.4, -0.2) is 25.7 Å². The number of hydrogen-bond acceptors (Lipinski definition) is 4. The van der Waals surface area contributed by atoms with Crippen molar-refractivity contribution in [1.82, 2.24) is 19.9 Å². The Balaban J connectivity index is 1.33. The second-order valence-corrected chi connectivity index (χ2v) is 9.30. The van der Waals surface area contributed by atoms with E-state index in [0.717, 1.165) is 31.2 Å². The maximum Gasteiger partial charge on any atom is 0.181 e. The predicted octanol–water partition coefficient (Wildman–Crippen LogP) is 6.23. The van der Waals surface area contributed by atoms with Gasteiger partial charge in [-0.05, 0) is 67.9 Å². The number of fused-ring (bicyclic) bond motifs is 1. The van der Waals surface area contributed by atoms with Crippen molar-refractivity contribution >= 4 is 16.7 Å². The van der Waals surface area contributed by atoms with Gasteiger partial charge in [0.25, 0.3) is 0 Å². The van der Waals surface area contributed by atoms with E-state index in [0.29, 0.717) is 46.5 Å². The lowest BCUT2D eigenvalue weighted by Gasteiger charge is -2.28. The molecule has 1 fully saturated rings. The van der Waals surface area contributed by atoms with Gasteiger partial charge in [-0.2, -0.15) is 0 Å². The van der Waals surface area contributed by atoms with Gasteiger partial charge in [-0.3, -0.25) is 9.78 Å². The fourth-order valence-corrected chi connectivity index (χ4v) is 5.12. The number of aryl methyl sites for hydroxylation is 1. The van der Waals surface area contributed by atoms with E-state index in [4.69, 9.17) is 0 Å². The van der Waals surface area contributed by atoms with Gasteiger partial charge in [0.15, 0.2) is 17.4 Å². The Hall–Kier alpha value is -3.48. The van der Waals surface area contributed by atoms with E-state index in [1.807, 2.05) is 19.1 Å². The number of carbonyl (C=O) groups is 1. The Morgan fingerprint density at radius 1 is 1.12 bits per heavy atom. The number of halogens is 2. The first kappa shape index (κ1) is 22.3. The van der Waals surface area contributed by atoms with E-state index in [2.05, 4.69) is 19.9 Å². The van der Waals surface area contributed by atoms with Crippen LogP contribution in [0.3, 0.4) is 0 Å². The van der Waals surface area contributed by atoms with Crippen molar-refractivity contribution in [2.45, 2.75) is 45.4 Å². The number of H-pyrrole nitrogens is 1. The van der Waals surface area contributed by atoms with Crippen LogP contribution in [0.5, 0.6) is 0 Å². The molecule has 5 nitrogen and oxygen atoms in total. The molecule has 1 saturated carbocycles. The number of aromatic amines is 1. The Morgan fingerprint density at radius 2 is 1.97 bits per heavy atom. The molecule has 0 aliphatic heterocycles. The standard InChI is InChI=1S/C27H26F2N4O/c1-16-9-19-20(14-31-26(19)21(28)10-16)27-32-15-22(29)24(33-27)12-17-5-4-6-18(11-17)13-25(34)23-7-2-3-8-30-23/h2-3,7-10,14-15,17-18,31H,4-6,11-13H2,1H3/t17-,18+/m1/s1. The van der Waals surface area contributed by atoms with Crippen LogP contribution in [0, 0.1) is 30.4 Å². The number of nitrogens with one attached hydrogen (secondary N) is 1. The third-order valence-electron chi connectivity index (χ3n) is 6.74. The summed E-state index contributed by atoms with van der Waals surface area (Å²) in [4.78, 5) is 28.4. The Bertz CT molecular complexity index is 1340. The van der Waals surface area contributed by atoms with Crippen LogP contribution in [0.2, 0.25) is 0 Å². The van der Waals surface area contributed by atoms with Crippen molar-refractivity contribution in [1.29, 1.82) is 0 Å². The minimum absolute atomic E-state index is 0.0589. The van der Waals surface area contributed by atoms with E-state index in [1.165, 1.54) is 12.3 Å². The summed E-state index contributed by atoms with van der Waals surface area (Å²) in [6.45, 7) is 1.83. The zero-order valence-corrected chi connectivity index (χ0v) is 19.0. The summed E-state index contributed by atoms with van der Waals surface area (Å²) >= 11 is 0. The molecule has 0 amide bonds. The Kier molecular flexibility index (Phi) is 6.18. The smallest absolute Gasteiger partial charge is 0.181 e. The molecular formula is C27H26F2N4O. The minimum atomic E-state index is -0.433. The number of Topliss-reactive ketones (excluding diaryl/α,β-unsaturated/α-hetero) is 1. The second-order valence-electron chi connectivity index (χ2n) is 9.30. The van der Waals surface area contributed by atoms with Crippen molar-refractivity contribution in [3.05, 3.63) is 77.5 Å². The van der Waals surface area contributed by atoms with Gasteiger partial charge in [-0.15, -0.1) is 0 Å². The molecule has 0 saturated heterocycles. The molecule has 1 aromatic carbocycles. The van der Waals surface area contributed by atoms with Crippen molar-refractivity contribution in [3.8, 4) is 11.4 Å². The molecule has 3 aromatic heterocycles. The lowest BCUT2D eigenvalue weighted by Crippen LogP contribution is -2.21. The summed E-state index contributed by atoms with van der Waals surface area (Å²) < 4.78 is 29.0. The van der Waals surface area contributed by atoms with Crippen LogP contribution >= 0.6 is 0 Å². The van der Waals surface area contributed by atoms with E-state index >= 15 is 0 Å². The van der Waals surface area contributed by atoms with E-state index < -0.39 is 5.82 Å². The highest BCUT2D eigenvalue weighted by atomic mass is 19.1. The highest BCUT2D eigenvalue weighted by Gasteiger charge is 2.26. The normalized spacial score (nSPS) is 18.3. The molecule has 3 heterocycles. The van der Waals surface area contributed by atoms with Crippen LogP contribution in [0.25, 0.3) is 22.3 Å². The van der Waals surface area contributed by atoms with Gasteiger partial charge in [-0.1, -0.05) is 18.9 Å². The Morgan fingerprint density at radius 3 is 2.79 bits per heavy atom.